The van der Waals surface area contributed by atoms with Crippen LogP contribution in [0.4, 0.5) is 0 Å². The maximum absolute atomic E-state index is 6.63. The average molecular weight is 1600 g/mol. The molecule has 0 saturated heterocycles. The highest BCUT2D eigenvalue weighted by Crippen LogP contribution is 2.47. The van der Waals surface area contributed by atoms with Crippen molar-refractivity contribution < 1.29 is 85.3 Å². The van der Waals surface area contributed by atoms with Crippen LogP contribution in [-0.4, -0.2) is 119 Å². The molecule has 0 unspecified atom stereocenters. The lowest BCUT2D eigenvalue weighted by atomic mass is 9.93. The molecule has 18 aliphatic carbocycles. The Morgan fingerprint density at radius 1 is 0.111 bits per heavy atom. The Labute approximate surface area is 695 Å². The molecule has 9 aromatic carbocycles. The second-order valence-corrected chi connectivity index (χ2v) is 28.0. The van der Waals surface area contributed by atoms with Crippen LogP contribution in [0.2, 0.25) is 0 Å². The van der Waals surface area contributed by atoms with Crippen molar-refractivity contribution in [3.8, 4) is 103 Å². The van der Waals surface area contributed by atoms with Gasteiger partial charge in [0.05, 0.1) is 119 Å². The molecule has 0 fully saturated rings. The van der Waals surface area contributed by atoms with Crippen LogP contribution < -0.4 is 85.3 Å². The standard InChI is InChI=1S/C99H126O18/c1-19-100-82-46-65-38-67-49-87(105-24-6)69(51-86(67)104-23-5)40-71-53-91(109-28-10)73(55-90(71)108-27-9)42-75-57-95(113-32-14)77(59-94(75)112-31-13)44-79-61-99(117-36-18)81(63-98(79)116-35-17)45-80-62-96(114-33-15)78(60-97(80)115-34-16)43-76-58-92(110-29-11)74(56-93(76)111-30-12)41-72-54-88(106-25-7)70(52-89(72)107-26-8)39-68-50-84(102-21-3)66(48-85(68)103-22-4)37-64(82)47-83(65)101-20-2/h46-63H,19-45H2,1-18H3. The Morgan fingerprint density at radius 3 is 0.205 bits per heavy atom. The number of hydrogen-bond acceptors (Lipinski definition) is 18. The number of hydrogen-bond donors (Lipinski definition) is 0. The predicted octanol–water partition coefficient (Wildman–Crippen LogP) is 21.5. The molecule has 630 valence electrons. The highest BCUT2D eigenvalue weighted by molar-refractivity contribution is 5.63. The van der Waals surface area contributed by atoms with Crippen molar-refractivity contribution in [2.45, 2.75) is 182 Å². The van der Waals surface area contributed by atoms with Crippen LogP contribution in [0.1, 0.15) is 225 Å². The highest BCUT2D eigenvalue weighted by Gasteiger charge is 2.28. The minimum atomic E-state index is 0.435. The Hall–Kier alpha value is -10.6. The summed E-state index contributed by atoms with van der Waals surface area (Å²) >= 11 is 0. The lowest BCUT2D eigenvalue weighted by molar-refractivity contribution is 0.319. The van der Waals surface area contributed by atoms with Gasteiger partial charge in [0.2, 0.25) is 0 Å². The molecular formula is C99H126O18. The maximum atomic E-state index is 6.63. The molecule has 9 aromatic rings. The Kier molecular flexibility index (Phi) is 33.9. The van der Waals surface area contributed by atoms with Gasteiger partial charge in [-0.25, -0.2) is 0 Å². The maximum Gasteiger partial charge on any atom is 0.123 e. The van der Waals surface area contributed by atoms with Gasteiger partial charge in [-0.1, -0.05) is 0 Å². The van der Waals surface area contributed by atoms with Crippen LogP contribution in [0, 0.1) is 0 Å². The molecule has 0 N–H and O–H groups in total. The molecule has 0 saturated carbocycles. The Bertz CT molecular complexity index is 3510. The second-order valence-electron chi connectivity index (χ2n) is 28.0. The molecule has 18 nitrogen and oxygen atoms in total. The van der Waals surface area contributed by atoms with Crippen molar-refractivity contribution in [3.05, 3.63) is 209 Å². The van der Waals surface area contributed by atoms with Crippen LogP contribution in [0.3, 0.4) is 0 Å². The molecule has 117 heavy (non-hydrogen) atoms. The van der Waals surface area contributed by atoms with Gasteiger partial charge < -0.3 is 85.3 Å². The minimum absolute atomic E-state index is 0.435. The van der Waals surface area contributed by atoms with Gasteiger partial charge in [-0.05, 0) is 234 Å². The second kappa shape index (κ2) is 44.6. The molecule has 18 aliphatic rings. The zero-order chi connectivity index (χ0) is 83.3. The van der Waals surface area contributed by atoms with Crippen molar-refractivity contribution in [1.82, 2.24) is 0 Å². The molecule has 18 heteroatoms. The van der Waals surface area contributed by atoms with Crippen molar-refractivity contribution in [2.24, 2.45) is 0 Å². The molecule has 0 aliphatic heterocycles. The van der Waals surface area contributed by atoms with Crippen LogP contribution in [-0.2, 0) is 57.8 Å². The summed E-state index contributed by atoms with van der Waals surface area (Å²) in [6.45, 7) is 44.0. The van der Waals surface area contributed by atoms with Gasteiger partial charge in [0.1, 0.15) is 103 Å². The predicted molar refractivity (Wildman–Crippen MR) is 464 cm³/mol. The van der Waals surface area contributed by atoms with E-state index >= 15 is 0 Å². The summed E-state index contributed by atoms with van der Waals surface area (Å²) in [5.74, 6) is 13.1. The average Bonchev–Trinajstić information content (AvgIpc) is 0.792. The summed E-state index contributed by atoms with van der Waals surface area (Å²) in [5, 5.41) is 0. The van der Waals surface area contributed by atoms with Gasteiger partial charge in [-0.3, -0.25) is 0 Å². The smallest absolute Gasteiger partial charge is 0.123 e. The fraction of sp³-hybridized carbons (Fsp3) is 0.455. The molecule has 0 amide bonds. The zero-order valence-electron chi connectivity index (χ0n) is 72.8. The van der Waals surface area contributed by atoms with Gasteiger partial charge in [0.15, 0.2) is 0 Å². The topological polar surface area (TPSA) is 166 Å². The first kappa shape index (κ1) is 88.7. The van der Waals surface area contributed by atoms with E-state index in [-0.39, 0.29) is 0 Å². The van der Waals surface area contributed by atoms with Gasteiger partial charge in [-0.15, -0.1) is 0 Å². The van der Waals surface area contributed by atoms with E-state index in [0.29, 0.717) is 177 Å². The van der Waals surface area contributed by atoms with Gasteiger partial charge in [-0.2, -0.15) is 0 Å². The van der Waals surface area contributed by atoms with Crippen molar-refractivity contribution in [3.63, 3.8) is 0 Å². The van der Waals surface area contributed by atoms with E-state index in [1.165, 1.54) is 0 Å². The molecule has 27 rings (SSSR count). The summed E-state index contributed by atoms with van der Waals surface area (Å²) in [7, 11) is 0. The molecular weight excluding hydrogens is 1480 g/mol. The van der Waals surface area contributed by atoms with E-state index in [0.717, 1.165) is 204 Å². The summed E-state index contributed by atoms with van der Waals surface area (Å²) < 4.78 is 119. The molecule has 0 atom stereocenters. The number of rotatable bonds is 36. The summed E-state index contributed by atoms with van der Waals surface area (Å²) in [6, 6.07) is 38.1. The van der Waals surface area contributed by atoms with Gasteiger partial charge in [0, 0.05) is 158 Å². The fourth-order valence-corrected chi connectivity index (χ4v) is 15.3. The first-order chi connectivity index (χ1) is 57.1. The van der Waals surface area contributed by atoms with Crippen LogP contribution in [0.15, 0.2) is 109 Å². The fourth-order valence-electron chi connectivity index (χ4n) is 15.3. The summed E-state index contributed by atoms with van der Waals surface area (Å²) in [5.41, 5.74) is 16.7. The molecule has 0 aromatic heterocycles. The largest absolute Gasteiger partial charge is 0.494 e. The quantitative estimate of drug-likeness (QED) is 0.0363. The van der Waals surface area contributed by atoms with E-state index in [9.17, 15) is 0 Å². The first-order valence-corrected chi connectivity index (χ1v) is 42.9. The molecule has 0 heterocycles. The van der Waals surface area contributed by atoms with Gasteiger partial charge >= 0.3 is 0 Å². The SMILES string of the molecule is CCOc1cc2c(OCC)cc1Cc1cc(OCC)c(cc1OCC)Cc1cc(OCC)c(cc1OCC)Cc1cc(OCC)c(cc1OCC)Cc1cc(OCC)c(cc1OCC)Cc1cc(OCC)c(cc1OCC)Cc1cc(OCC)c(cc1OCC)Cc1cc(OCC)c(cc1OCC)Cc1cc(OCC)c(cc1OCC)C2. The highest BCUT2D eigenvalue weighted by atomic mass is 16.5. The van der Waals surface area contributed by atoms with E-state index in [1.807, 2.05) is 125 Å². The molecule has 0 radical (unpaired) electrons. The minimum Gasteiger partial charge on any atom is -0.494 e. The third-order valence-corrected chi connectivity index (χ3v) is 20.0. The van der Waals surface area contributed by atoms with E-state index in [4.69, 9.17) is 85.3 Å². The van der Waals surface area contributed by atoms with Gasteiger partial charge in [0.25, 0.3) is 0 Å². The van der Waals surface area contributed by atoms with Crippen molar-refractivity contribution in [2.75, 3.05) is 119 Å². The van der Waals surface area contributed by atoms with Crippen LogP contribution in [0.5, 0.6) is 103 Å². The third kappa shape index (κ3) is 22.6. The number of benzene rings is 9. The van der Waals surface area contributed by atoms with E-state index in [1.54, 1.807) is 0 Å². The van der Waals surface area contributed by atoms with E-state index in [2.05, 4.69) is 109 Å². The first-order valence-electron chi connectivity index (χ1n) is 42.9. The summed E-state index contributed by atoms with van der Waals surface area (Å²) in [6.07, 6.45) is 4.06. The lowest BCUT2D eigenvalue weighted by Gasteiger charge is -2.22. The van der Waals surface area contributed by atoms with Crippen molar-refractivity contribution in [1.29, 1.82) is 0 Å². The molecule has 18 bridgehead atoms. The lowest BCUT2D eigenvalue weighted by Crippen LogP contribution is -2.08. The molecule has 0 spiro atoms. The van der Waals surface area contributed by atoms with Crippen LogP contribution in [0.25, 0.3) is 0 Å². The van der Waals surface area contributed by atoms with Crippen molar-refractivity contribution >= 4 is 0 Å². The monoisotopic (exact) mass is 1600 g/mol. The summed E-state index contributed by atoms with van der Waals surface area (Å²) in [4.78, 5) is 0. The Balaban J connectivity index is 1.18. The van der Waals surface area contributed by atoms with E-state index < -0.39 is 0 Å². The third-order valence-electron chi connectivity index (χ3n) is 20.0. The number of ether oxygens (including phenoxy) is 18. The normalized spacial score (nSPS) is 12.2. The zero-order valence-corrected chi connectivity index (χ0v) is 72.8. The Morgan fingerprint density at radius 2 is 0.162 bits per heavy atom. The van der Waals surface area contributed by atoms with Crippen LogP contribution >= 0.6 is 0 Å².